The van der Waals surface area contributed by atoms with Crippen molar-refractivity contribution < 1.29 is 9.53 Å². The second-order valence-corrected chi connectivity index (χ2v) is 5.36. The van der Waals surface area contributed by atoms with Gasteiger partial charge < -0.3 is 14.2 Å². The first kappa shape index (κ1) is 15.2. The molecule has 23 heavy (non-hydrogen) atoms. The molecule has 0 atom stereocenters. The highest BCUT2D eigenvalue weighted by molar-refractivity contribution is 5.76. The predicted octanol–water partition coefficient (Wildman–Crippen LogP) is 0.274. The Morgan fingerprint density at radius 2 is 2.09 bits per heavy atom. The van der Waals surface area contributed by atoms with Gasteiger partial charge in [0.05, 0.1) is 12.8 Å². The molecule has 3 rings (SSSR count). The second-order valence-electron chi connectivity index (χ2n) is 5.36. The molecule has 0 aromatic carbocycles. The van der Waals surface area contributed by atoms with Gasteiger partial charge in [-0.05, 0) is 12.5 Å². The third-order valence-electron chi connectivity index (χ3n) is 4.00. The Morgan fingerprint density at radius 1 is 1.26 bits per heavy atom. The number of rotatable bonds is 3. The lowest BCUT2D eigenvalue weighted by Crippen LogP contribution is -2.37. The molecule has 7 heteroatoms. The number of hydrogen-bond donors (Lipinski definition) is 0. The second kappa shape index (κ2) is 6.60. The largest absolute Gasteiger partial charge is 0.481 e. The van der Waals surface area contributed by atoms with Gasteiger partial charge in [-0.1, -0.05) is 6.07 Å². The molecule has 120 valence electrons. The Morgan fingerprint density at radius 3 is 2.87 bits per heavy atom. The molecule has 1 aliphatic rings. The van der Waals surface area contributed by atoms with Crippen LogP contribution in [-0.2, 0) is 24.2 Å². The molecule has 0 bridgehead atoms. The SMILES string of the molecule is COc1ncnc2c1CCN(C(=O)Cn1ccccc1=O)CC2. The molecule has 0 saturated heterocycles. The number of aromatic nitrogens is 3. The lowest BCUT2D eigenvalue weighted by Gasteiger charge is -2.20. The summed E-state index contributed by atoms with van der Waals surface area (Å²) in [5, 5.41) is 0. The Balaban J connectivity index is 1.73. The lowest BCUT2D eigenvalue weighted by molar-refractivity contribution is -0.131. The van der Waals surface area contributed by atoms with Crippen LogP contribution in [0, 0.1) is 0 Å². The summed E-state index contributed by atoms with van der Waals surface area (Å²) < 4.78 is 6.69. The lowest BCUT2D eigenvalue weighted by atomic mass is 10.1. The van der Waals surface area contributed by atoms with Gasteiger partial charge in [0, 0.05) is 37.3 Å². The van der Waals surface area contributed by atoms with Gasteiger partial charge in [0.1, 0.15) is 12.9 Å². The van der Waals surface area contributed by atoms with E-state index in [1.165, 1.54) is 17.0 Å². The first-order valence-corrected chi connectivity index (χ1v) is 7.49. The van der Waals surface area contributed by atoms with Crippen LogP contribution in [0.1, 0.15) is 11.3 Å². The van der Waals surface area contributed by atoms with Crippen molar-refractivity contribution in [2.75, 3.05) is 20.2 Å². The molecular weight excluding hydrogens is 296 g/mol. The van der Waals surface area contributed by atoms with Gasteiger partial charge in [-0.15, -0.1) is 0 Å². The van der Waals surface area contributed by atoms with Gasteiger partial charge in [-0.3, -0.25) is 9.59 Å². The number of nitrogens with zero attached hydrogens (tertiary/aromatic N) is 4. The summed E-state index contributed by atoms with van der Waals surface area (Å²) in [6, 6.07) is 4.86. The minimum atomic E-state index is -0.175. The fourth-order valence-electron chi connectivity index (χ4n) is 2.76. The van der Waals surface area contributed by atoms with Crippen LogP contribution < -0.4 is 10.3 Å². The molecule has 0 saturated carbocycles. The quantitative estimate of drug-likeness (QED) is 0.813. The first-order valence-electron chi connectivity index (χ1n) is 7.49. The maximum atomic E-state index is 12.5. The zero-order chi connectivity index (χ0) is 16.2. The Bertz CT molecular complexity index is 772. The number of ether oxygens (including phenoxy) is 1. The van der Waals surface area contributed by atoms with Crippen LogP contribution in [0.4, 0.5) is 0 Å². The molecule has 1 amide bonds. The zero-order valence-electron chi connectivity index (χ0n) is 12.9. The molecule has 0 fully saturated rings. The van der Waals surface area contributed by atoms with Crippen molar-refractivity contribution in [3.8, 4) is 5.88 Å². The minimum absolute atomic E-state index is 0.0544. The topological polar surface area (TPSA) is 77.3 Å². The van der Waals surface area contributed by atoms with Crippen molar-refractivity contribution in [3.05, 3.63) is 52.3 Å². The van der Waals surface area contributed by atoms with E-state index < -0.39 is 0 Å². The third-order valence-corrected chi connectivity index (χ3v) is 4.00. The van der Waals surface area contributed by atoms with Crippen LogP contribution >= 0.6 is 0 Å². The third kappa shape index (κ3) is 3.23. The van der Waals surface area contributed by atoms with Crippen molar-refractivity contribution in [1.82, 2.24) is 19.4 Å². The summed E-state index contributed by atoms with van der Waals surface area (Å²) in [6.45, 7) is 1.20. The first-order chi connectivity index (χ1) is 11.2. The molecular formula is C16H18N4O3. The van der Waals surface area contributed by atoms with Crippen LogP contribution in [-0.4, -0.2) is 45.5 Å². The van der Waals surface area contributed by atoms with Gasteiger partial charge in [0.15, 0.2) is 0 Å². The summed E-state index contributed by atoms with van der Waals surface area (Å²) in [4.78, 5) is 34.4. The fraction of sp³-hybridized carbons (Fsp3) is 0.375. The summed E-state index contributed by atoms with van der Waals surface area (Å²) in [6.07, 6.45) is 4.42. The van der Waals surface area contributed by atoms with Gasteiger partial charge in [0.2, 0.25) is 11.8 Å². The molecule has 0 radical (unpaired) electrons. The van der Waals surface area contributed by atoms with Gasteiger partial charge in [-0.2, -0.15) is 0 Å². The number of fused-ring (bicyclic) bond motifs is 1. The number of carbonyl (C=O) groups is 1. The van der Waals surface area contributed by atoms with Crippen LogP contribution in [0.2, 0.25) is 0 Å². The van der Waals surface area contributed by atoms with Crippen molar-refractivity contribution in [1.29, 1.82) is 0 Å². The van der Waals surface area contributed by atoms with E-state index in [1.807, 2.05) is 0 Å². The van der Waals surface area contributed by atoms with Gasteiger partial charge in [0.25, 0.3) is 5.56 Å². The van der Waals surface area contributed by atoms with E-state index in [9.17, 15) is 9.59 Å². The van der Waals surface area contributed by atoms with Crippen molar-refractivity contribution in [2.24, 2.45) is 0 Å². The van der Waals surface area contributed by atoms with Gasteiger partial charge >= 0.3 is 0 Å². The van der Waals surface area contributed by atoms with E-state index >= 15 is 0 Å². The maximum Gasteiger partial charge on any atom is 0.250 e. The number of amides is 1. The van der Waals surface area contributed by atoms with Crippen LogP contribution in [0.25, 0.3) is 0 Å². The molecule has 7 nitrogen and oxygen atoms in total. The Labute approximate surface area is 133 Å². The van der Waals surface area contributed by atoms with E-state index in [1.54, 1.807) is 30.3 Å². The zero-order valence-corrected chi connectivity index (χ0v) is 12.9. The predicted molar refractivity (Wildman–Crippen MR) is 83.3 cm³/mol. The van der Waals surface area contributed by atoms with Crippen molar-refractivity contribution in [2.45, 2.75) is 19.4 Å². The van der Waals surface area contributed by atoms with E-state index in [0.29, 0.717) is 31.8 Å². The average molecular weight is 314 g/mol. The van der Waals surface area contributed by atoms with Crippen molar-refractivity contribution >= 4 is 5.91 Å². The van der Waals surface area contributed by atoms with E-state index in [2.05, 4.69) is 9.97 Å². The maximum absolute atomic E-state index is 12.5. The number of methoxy groups -OCH3 is 1. The van der Waals surface area contributed by atoms with Gasteiger partial charge in [-0.25, -0.2) is 9.97 Å². The Kier molecular flexibility index (Phi) is 4.36. The highest BCUT2D eigenvalue weighted by atomic mass is 16.5. The van der Waals surface area contributed by atoms with Crippen LogP contribution in [0.3, 0.4) is 0 Å². The molecule has 0 spiro atoms. The molecule has 1 aliphatic heterocycles. The van der Waals surface area contributed by atoms with Crippen LogP contribution in [0.5, 0.6) is 5.88 Å². The number of pyridine rings is 1. The minimum Gasteiger partial charge on any atom is -0.481 e. The standard InChI is InChI=1S/C16H18N4O3/c1-23-16-12-5-8-19(9-6-13(12)17-11-18-16)15(22)10-20-7-3-2-4-14(20)21/h2-4,7,11H,5-6,8-10H2,1H3. The molecule has 0 unspecified atom stereocenters. The monoisotopic (exact) mass is 314 g/mol. The van der Waals surface area contributed by atoms with E-state index in [-0.39, 0.29) is 18.0 Å². The van der Waals surface area contributed by atoms with E-state index in [4.69, 9.17) is 4.74 Å². The number of hydrogen-bond acceptors (Lipinski definition) is 5. The normalized spacial score (nSPS) is 14.0. The molecule has 2 aromatic heterocycles. The average Bonchev–Trinajstić information content (AvgIpc) is 2.79. The van der Waals surface area contributed by atoms with E-state index in [0.717, 1.165) is 11.3 Å². The highest BCUT2D eigenvalue weighted by Crippen LogP contribution is 2.21. The highest BCUT2D eigenvalue weighted by Gasteiger charge is 2.22. The Hall–Kier alpha value is -2.70. The summed E-state index contributed by atoms with van der Waals surface area (Å²) in [7, 11) is 1.58. The van der Waals surface area contributed by atoms with Crippen molar-refractivity contribution in [3.63, 3.8) is 0 Å². The summed E-state index contributed by atoms with van der Waals surface area (Å²) in [5.41, 5.74) is 1.71. The van der Waals surface area contributed by atoms with Crippen LogP contribution in [0.15, 0.2) is 35.5 Å². The summed E-state index contributed by atoms with van der Waals surface area (Å²) >= 11 is 0. The summed E-state index contributed by atoms with van der Waals surface area (Å²) in [5.74, 6) is 0.501. The smallest absolute Gasteiger partial charge is 0.250 e. The molecule has 2 aromatic rings. The molecule has 3 heterocycles. The molecule has 0 aliphatic carbocycles. The molecule has 0 N–H and O–H groups in total. The number of carbonyl (C=O) groups excluding carboxylic acids is 1. The fourth-order valence-corrected chi connectivity index (χ4v) is 2.76.